The Morgan fingerprint density at radius 3 is 2.79 bits per heavy atom. The third-order valence-electron chi connectivity index (χ3n) is 3.57. The second-order valence-electron chi connectivity index (χ2n) is 5.83. The molecule has 1 heterocycles. The molecule has 1 N–H and O–H groups in total. The van der Waals surface area contributed by atoms with Crippen molar-refractivity contribution in [2.45, 2.75) is 26.4 Å². The Morgan fingerprint density at radius 1 is 1.29 bits per heavy atom. The zero-order valence-corrected chi connectivity index (χ0v) is 14.4. The molecule has 0 fully saturated rings. The molecule has 0 unspecified atom stereocenters. The molecule has 6 heteroatoms. The standard InChI is InChI=1S/C18H24N2O4/c1-13(2)23-10-6-9-19-17(21)12-24-16-11-18(22)20(3)15-8-5-4-7-14(15)16/h4-5,7-8,11,13H,6,9-10,12H2,1-3H3,(H,19,21). The molecule has 0 saturated heterocycles. The highest BCUT2D eigenvalue weighted by Gasteiger charge is 2.09. The van der Waals surface area contributed by atoms with E-state index in [1.165, 1.54) is 6.07 Å². The fourth-order valence-corrected chi connectivity index (χ4v) is 2.31. The molecule has 0 aliphatic carbocycles. The van der Waals surface area contributed by atoms with Crippen molar-refractivity contribution >= 4 is 16.8 Å². The fourth-order valence-electron chi connectivity index (χ4n) is 2.31. The maximum atomic E-state index is 12.0. The number of aromatic nitrogens is 1. The molecule has 0 aliphatic rings. The number of benzene rings is 1. The molecule has 0 saturated carbocycles. The first-order chi connectivity index (χ1) is 11.5. The first kappa shape index (κ1) is 18.0. The summed E-state index contributed by atoms with van der Waals surface area (Å²) in [7, 11) is 1.71. The molecule has 0 radical (unpaired) electrons. The van der Waals surface area contributed by atoms with Crippen LogP contribution >= 0.6 is 0 Å². The highest BCUT2D eigenvalue weighted by atomic mass is 16.5. The number of carbonyl (C=O) groups excluding carboxylic acids is 1. The lowest BCUT2D eigenvalue weighted by atomic mass is 10.2. The zero-order valence-electron chi connectivity index (χ0n) is 14.4. The third-order valence-corrected chi connectivity index (χ3v) is 3.57. The summed E-state index contributed by atoms with van der Waals surface area (Å²) in [4.78, 5) is 23.8. The zero-order chi connectivity index (χ0) is 17.5. The van der Waals surface area contributed by atoms with Gasteiger partial charge in [0.1, 0.15) is 5.75 Å². The molecule has 1 aromatic heterocycles. The Morgan fingerprint density at radius 2 is 2.04 bits per heavy atom. The number of amides is 1. The molecule has 0 atom stereocenters. The Bertz CT molecular complexity index is 752. The molecule has 2 aromatic rings. The Labute approximate surface area is 141 Å². The summed E-state index contributed by atoms with van der Waals surface area (Å²) in [5.74, 6) is 0.205. The van der Waals surface area contributed by atoms with Crippen LogP contribution in [0.1, 0.15) is 20.3 Å². The number of nitrogens with one attached hydrogen (secondary N) is 1. The quantitative estimate of drug-likeness (QED) is 0.749. The molecule has 6 nitrogen and oxygen atoms in total. The molecular formula is C18H24N2O4. The van der Waals surface area contributed by atoms with Gasteiger partial charge in [0.05, 0.1) is 11.6 Å². The van der Waals surface area contributed by atoms with E-state index >= 15 is 0 Å². The predicted octanol–water partition coefficient (Wildman–Crippen LogP) is 1.85. The lowest BCUT2D eigenvalue weighted by Gasteiger charge is -2.12. The number of para-hydroxylation sites is 1. The van der Waals surface area contributed by atoms with Gasteiger partial charge < -0.3 is 19.4 Å². The molecule has 0 aliphatic heterocycles. The van der Waals surface area contributed by atoms with Crippen molar-refractivity contribution in [1.82, 2.24) is 9.88 Å². The van der Waals surface area contributed by atoms with Gasteiger partial charge in [-0.2, -0.15) is 0 Å². The molecule has 130 valence electrons. The highest BCUT2D eigenvalue weighted by Crippen LogP contribution is 2.22. The SMILES string of the molecule is CC(C)OCCCNC(=O)COc1cc(=O)n(C)c2ccccc12. The van der Waals surface area contributed by atoms with Gasteiger partial charge in [-0.1, -0.05) is 12.1 Å². The van der Waals surface area contributed by atoms with Crippen molar-refractivity contribution in [3.63, 3.8) is 0 Å². The minimum Gasteiger partial charge on any atom is -0.483 e. The maximum Gasteiger partial charge on any atom is 0.257 e. The average molecular weight is 332 g/mol. The van der Waals surface area contributed by atoms with Crippen molar-refractivity contribution in [3.05, 3.63) is 40.7 Å². The smallest absolute Gasteiger partial charge is 0.257 e. The van der Waals surface area contributed by atoms with Crippen molar-refractivity contribution < 1.29 is 14.3 Å². The van der Waals surface area contributed by atoms with Crippen LogP contribution in [0.5, 0.6) is 5.75 Å². The molecule has 0 spiro atoms. The largest absolute Gasteiger partial charge is 0.483 e. The third kappa shape index (κ3) is 4.83. The van der Waals surface area contributed by atoms with E-state index in [-0.39, 0.29) is 24.2 Å². The summed E-state index contributed by atoms with van der Waals surface area (Å²) < 4.78 is 12.5. The molecule has 1 amide bonds. The Hall–Kier alpha value is -2.34. The summed E-state index contributed by atoms with van der Waals surface area (Å²) >= 11 is 0. The van der Waals surface area contributed by atoms with Crippen LogP contribution in [-0.2, 0) is 16.6 Å². The van der Waals surface area contributed by atoms with E-state index < -0.39 is 0 Å². The average Bonchev–Trinajstić information content (AvgIpc) is 2.56. The van der Waals surface area contributed by atoms with Gasteiger partial charge in [-0.15, -0.1) is 0 Å². The number of hydrogen-bond donors (Lipinski definition) is 1. The summed E-state index contributed by atoms with van der Waals surface area (Å²) in [6, 6.07) is 8.85. The van der Waals surface area contributed by atoms with Crippen molar-refractivity contribution in [2.75, 3.05) is 19.8 Å². The van der Waals surface area contributed by atoms with Gasteiger partial charge in [-0.3, -0.25) is 9.59 Å². The van der Waals surface area contributed by atoms with Gasteiger partial charge in [0.15, 0.2) is 6.61 Å². The minimum atomic E-state index is -0.218. The van der Waals surface area contributed by atoms with Crippen molar-refractivity contribution in [3.8, 4) is 5.75 Å². The number of carbonyl (C=O) groups is 1. The number of pyridine rings is 1. The second-order valence-corrected chi connectivity index (χ2v) is 5.83. The normalized spacial score (nSPS) is 11.0. The molecule has 2 rings (SSSR count). The Kier molecular flexibility index (Phi) is 6.37. The molecule has 1 aromatic carbocycles. The van der Waals surface area contributed by atoms with Gasteiger partial charge in [0, 0.05) is 31.7 Å². The van der Waals surface area contributed by atoms with E-state index in [1.807, 2.05) is 38.1 Å². The topological polar surface area (TPSA) is 69.6 Å². The summed E-state index contributed by atoms with van der Waals surface area (Å²) in [6.07, 6.45) is 0.941. The van der Waals surface area contributed by atoms with Crippen molar-refractivity contribution in [1.29, 1.82) is 0 Å². The monoisotopic (exact) mass is 332 g/mol. The van der Waals surface area contributed by atoms with Crippen LogP contribution < -0.4 is 15.6 Å². The highest BCUT2D eigenvalue weighted by molar-refractivity contribution is 5.86. The second kappa shape index (κ2) is 8.49. The first-order valence-corrected chi connectivity index (χ1v) is 8.09. The van der Waals surface area contributed by atoms with Gasteiger partial charge in [-0.05, 0) is 32.4 Å². The van der Waals surface area contributed by atoms with Crippen LogP contribution in [0.2, 0.25) is 0 Å². The number of rotatable bonds is 8. The molecule has 0 bridgehead atoms. The first-order valence-electron chi connectivity index (χ1n) is 8.09. The van der Waals surface area contributed by atoms with Gasteiger partial charge in [0.2, 0.25) is 0 Å². The van der Waals surface area contributed by atoms with Crippen molar-refractivity contribution in [2.24, 2.45) is 7.05 Å². The van der Waals surface area contributed by atoms with Crippen LogP contribution in [0, 0.1) is 0 Å². The molecule has 24 heavy (non-hydrogen) atoms. The van der Waals surface area contributed by atoms with Gasteiger partial charge >= 0.3 is 0 Å². The summed E-state index contributed by atoms with van der Waals surface area (Å²) in [6.45, 7) is 4.97. The van der Waals surface area contributed by atoms with E-state index in [0.717, 1.165) is 17.3 Å². The van der Waals surface area contributed by atoms with Crippen LogP contribution in [-0.4, -0.2) is 36.3 Å². The van der Waals surface area contributed by atoms with E-state index in [4.69, 9.17) is 9.47 Å². The number of nitrogens with zero attached hydrogens (tertiary/aromatic N) is 1. The van der Waals surface area contributed by atoms with Gasteiger partial charge in [0.25, 0.3) is 11.5 Å². The molecular weight excluding hydrogens is 308 g/mol. The summed E-state index contributed by atoms with van der Waals surface area (Å²) in [5.41, 5.74) is 0.598. The van der Waals surface area contributed by atoms with E-state index in [1.54, 1.807) is 11.6 Å². The maximum absolute atomic E-state index is 12.0. The number of aryl methyl sites for hydroxylation is 1. The lowest BCUT2D eigenvalue weighted by Crippen LogP contribution is -2.30. The van der Waals surface area contributed by atoms with Crippen LogP contribution in [0.4, 0.5) is 0 Å². The Balaban J connectivity index is 1.90. The lowest BCUT2D eigenvalue weighted by molar-refractivity contribution is -0.123. The van der Waals surface area contributed by atoms with E-state index in [9.17, 15) is 9.59 Å². The van der Waals surface area contributed by atoms with Crippen LogP contribution in [0.15, 0.2) is 35.1 Å². The van der Waals surface area contributed by atoms with Gasteiger partial charge in [-0.25, -0.2) is 0 Å². The number of hydrogen-bond acceptors (Lipinski definition) is 4. The van der Waals surface area contributed by atoms with Crippen LogP contribution in [0.25, 0.3) is 10.9 Å². The van der Waals surface area contributed by atoms with E-state index in [2.05, 4.69) is 5.32 Å². The minimum absolute atomic E-state index is 0.123. The fraction of sp³-hybridized carbons (Fsp3) is 0.444. The number of ether oxygens (including phenoxy) is 2. The van der Waals surface area contributed by atoms with E-state index in [0.29, 0.717) is 18.9 Å². The number of fused-ring (bicyclic) bond motifs is 1. The van der Waals surface area contributed by atoms with Crippen LogP contribution in [0.3, 0.4) is 0 Å². The summed E-state index contributed by atoms with van der Waals surface area (Å²) in [5, 5.41) is 3.58. The predicted molar refractivity (Wildman–Crippen MR) is 93.4 cm³/mol.